The average molecular weight is 278 g/mol. The van der Waals surface area contributed by atoms with Crippen LogP contribution in [0.5, 0.6) is 0 Å². The van der Waals surface area contributed by atoms with Crippen LogP contribution in [0.3, 0.4) is 0 Å². The fraction of sp³-hybridized carbons (Fsp3) is 0.818. The molecule has 112 valence electrons. The van der Waals surface area contributed by atoms with Gasteiger partial charge in [-0.1, -0.05) is 0 Å². The van der Waals surface area contributed by atoms with Gasteiger partial charge >= 0.3 is 12.2 Å². The third kappa shape index (κ3) is 12.7. The smallest absolute Gasteiger partial charge is 0.407 e. The first-order chi connectivity index (χ1) is 9.20. The van der Waals surface area contributed by atoms with Crippen LogP contribution in [0.1, 0.15) is 19.3 Å². The SMILES string of the molecule is O=C(NCCCCCNC(=O)OCCO)OCCO. The molecule has 0 heterocycles. The predicted molar refractivity (Wildman–Crippen MR) is 66.7 cm³/mol. The van der Waals surface area contributed by atoms with Crippen molar-refractivity contribution in [1.29, 1.82) is 0 Å². The number of ether oxygens (including phenoxy) is 2. The molecule has 0 aromatic heterocycles. The molecule has 19 heavy (non-hydrogen) atoms. The monoisotopic (exact) mass is 278 g/mol. The molecule has 0 saturated carbocycles. The van der Waals surface area contributed by atoms with Gasteiger partial charge in [0, 0.05) is 13.1 Å². The Bertz CT molecular complexity index is 225. The standard InChI is InChI=1S/C11H22N2O6/c14-6-8-18-10(16)12-4-2-1-3-5-13-11(17)19-9-7-15/h14-15H,1-9H2,(H,12,16)(H,13,17). The minimum Gasteiger partial charge on any atom is -0.447 e. The van der Waals surface area contributed by atoms with Gasteiger partial charge in [0.05, 0.1) is 13.2 Å². The molecule has 0 aromatic carbocycles. The molecule has 2 amide bonds. The van der Waals surface area contributed by atoms with Crippen molar-refractivity contribution in [1.82, 2.24) is 10.6 Å². The summed E-state index contributed by atoms with van der Waals surface area (Å²) in [7, 11) is 0. The molecule has 0 unspecified atom stereocenters. The van der Waals surface area contributed by atoms with Gasteiger partial charge in [0.2, 0.25) is 0 Å². The molecule has 0 atom stereocenters. The molecule has 8 nitrogen and oxygen atoms in total. The second kappa shape index (κ2) is 12.9. The Morgan fingerprint density at radius 3 is 1.58 bits per heavy atom. The lowest BCUT2D eigenvalue weighted by atomic mass is 10.2. The minimum atomic E-state index is -0.542. The van der Waals surface area contributed by atoms with E-state index in [0.717, 1.165) is 19.3 Å². The molecule has 0 rings (SSSR count). The largest absolute Gasteiger partial charge is 0.447 e. The van der Waals surface area contributed by atoms with E-state index in [2.05, 4.69) is 20.1 Å². The number of hydrogen-bond donors (Lipinski definition) is 4. The number of aliphatic hydroxyl groups excluding tert-OH is 2. The normalized spacial score (nSPS) is 9.79. The van der Waals surface area contributed by atoms with Gasteiger partial charge in [-0.15, -0.1) is 0 Å². The van der Waals surface area contributed by atoms with Crippen LogP contribution < -0.4 is 10.6 Å². The van der Waals surface area contributed by atoms with Crippen LogP contribution in [0.4, 0.5) is 9.59 Å². The Kier molecular flexibility index (Phi) is 11.9. The zero-order chi connectivity index (χ0) is 14.3. The van der Waals surface area contributed by atoms with Crippen molar-refractivity contribution < 1.29 is 29.3 Å². The van der Waals surface area contributed by atoms with E-state index >= 15 is 0 Å². The van der Waals surface area contributed by atoms with E-state index in [1.807, 2.05) is 0 Å². The van der Waals surface area contributed by atoms with Gasteiger partial charge < -0.3 is 30.3 Å². The van der Waals surface area contributed by atoms with Gasteiger partial charge in [0.1, 0.15) is 13.2 Å². The van der Waals surface area contributed by atoms with E-state index in [4.69, 9.17) is 10.2 Å². The lowest BCUT2D eigenvalue weighted by molar-refractivity contribution is 0.119. The number of carbonyl (C=O) groups is 2. The summed E-state index contributed by atoms with van der Waals surface area (Å²) in [6.07, 6.45) is 1.28. The Balaban J connectivity index is 3.22. The second-order valence-electron chi connectivity index (χ2n) is 3.63. The van der Waals surface area contributed by atoms with Gasteiger partial charge in [-0.2, -0.15) is 0 Å². The highest BCUT2D eigenvalue weighted by Gasteiger charge is 2.01. The Labute approximate surface area is 112 Å². The fourth-order valence-corrected chi connectivity index (χ4v) is 1.19. The molecule has 0 spiro atoms. The van der Waals surface area contributed by atoms with Gasteiger partial charge in [-0.05, 0) is 19.3 Å². The molecule has 0 saturated heterocycles. The molecular formula is C11H22N2O6. The molecule has 4 N–H and O–H groups in total. The first-order valence-corrected chi connectivity index (χ1v) is 6.23. The fourth-order valence-electron chi connectivity index (χ4n) is 1.19. The average Bonchev–Trinajstić information content (AvgIpc) is 2.41. The summed E-state index contributed by atoms with van der Waals surface area (Å²) in [5, 5.41) is 21.9. The van der Waals surface area contributed by atoms with Crippen LogP contribution in [0.2, 0.25) is 0 Å². The van der Waals surface area contributed by atoms with E-state index in [-0.39, 0.29) is 26.4 Å². The van der Waals surface area contributed by atoms with Crippen LogP contribution in [0.25, 0.3) is 0 Å². The van der Waals surface area contributed by atoms with Crippen molar-refractivity contribution in [3.8, 4) is 0 Å². The molecule has 0 bridgehead atoms. The summed E-state index contributed by atoms with van der Waals surface area (Å²) in [5.74, 6) is 0. The summed E-state index contributed by atoms with van der Waals surface area (Å²) < 4.78 is 9.19. The number of hydrogen-bond acceptors (Lipinski definition) is 6. The molecule has 0 fully saturated rings. The lowest BCUT2D eigenvalue weighted by Crippen LogP contribution is -2.27. The van der Waals surface area contributed by atoms with Crippen LogP contribution in [-0.4, -0.2) is 61.9 Å². The highest BCUT2D eigenvalue weighted by Crippen LogP contribution is 1.93. The van der Waals surface area contributed by atoms with Crippen molar-refractivity contribution in [2.24, 2.45) is 0 Å². The molecule has 0 aromatic rings. The number of aliphatic hydroxyl groups is 2. The second-order valence-corrected chi connectivity index (χ2v) is 3.63. The molecule has 0 aliphatic rings. The number of carbonyl (C=O) groups excluding carboxylic acids is 2. The summed E-state index contributed by atoms with van der Waals surface area (Å²) in [4.78, 5) is 21.9. The highest BCUT2D eigenvalue weighted by molar-refractivity contribution is 5.67. The summed E-state index contributed by atoms with van der Waals surface area (Å²) >= 11 is 0. The topological polar surface area (TPSA) is 117 Å². The van der Waals surface area contributed by atoms with Crippen LogP contribution in [0, 0.1) is 0 Å². The maximum atomic E-state index is 10.9. The van der Waals surface area contributed by atoms with E-state index in [9.17, 15) is 9.59 Å². The quantitative estimate of drug-likeness (QED) is 0.404. The summed E-state index contributed by atoms with van der Waals surface area (Å²) in [5.41, 5.74) is 0. The van der Waals surface area contributed by atoms with Crippen molar-refractivity contribution in [2.45, 2.75) is 19.3 Å². The molecule has 0 aliphatic carbocycles. The maximum Gasteiger partial charge on any atom is 0.407 e. The zero-order valence-electron chi connectivity index (χ0n) is 10.9. The van der Waals surface area contributed by atoms with Gasteiger partial charge in [-0.3, -0.25) is 0 Å². The summed E-state index contributed by atoms with van der Waals surface area (Å²) in [6, 6.07) is 0. The Morgan fingerprint density at radius 2 is 1.21 bits per heavy atom. The number of nitrogens with one attached hydrogen (secondary N) is 2. The first kappa shape index (κ1) is 17.5. The third-order valence-electron chi connectivity index (χ3n) is 2.04. The van der Waals surface area contributed by atoms with Crippen LogP contribution in [0.15, 0.2) is 0 Å². The maximum absolute atomic E-state index is 10.9. The van der Waals surface area contributed by atoms with Crippen LogP contribution in [-0.2, 0) is 9.47 Å². The van der Waals surface area contributed by atoms with Crippen molar-refractivity contribution in [2.75, 3.05) is 39.5 Å². The number of rotatable bonds is 10. The van der Waals surface area contributed by atoms with Crippen molar-refractivity contribution in [3.63, 3.8) is 0 Å². The minimum absolute atomic E-state index is 0.00823. The molecular weight excluding hydrogens is 256 g/mol. The predicted octanol–water partition coefficient (Wildman–Crippen LogP) is -0.406. The van der Waals surface area contributed by atoms with Crippen molar-refractivity contribution in [3.05, 3.63) is 0 Å². The van der Waals surface area contributed by atoms with Crippen LogP contribution >= 0.6 is 0 Å². The molecule has 0 aliphatic heterocycles. The number of amides is 2. The van der Waals surface area contributed by atoms with E-state index < -0.39 is 12.2 Å². The van der Waals surface area contributed by atoms with Gasteiger partial charge in [0.15, 0.2) is 0 Å². The molecule has 0 radical (unpaired) electrons. The highest BCUT2D eigenvalue weighted by atomic mass is 16.6. The van der Waals surface area contributed by atoms with E-state index in [1.165, 1.54) is 0 Å². The van der Waals surface area contributed by atoms with Crippen molar-refractivity contribution >= 4 is 12.2 Å². The molecule has 8 heteroatoms. The zero-order valence-corrected chi connectivity index (χ0v) is 10.9. The van der Waals surface area contributed by atoms with Gasteiger partial charge in [-0.25, -0.2) is 9.59 Å². The number of alkyl carbamates (subject to hydrolysis) is 2. The Morgan fingerprint density at radius 1 is 0.789 bits per heavy atom. The third-order valence-corrected chi connectivity index (χ3v) is 2.04. The van der Waals surface area contributed by atoms with E-state index in [0.29, 0.717) is 13.1 Å². The Hall–Kier alpha value is -1.54. The number of unbranched alkanes of at least 4 members (excludes halogenated alkanes) is 2. The lowest BCUT2D eigenvalue weighted by Gasteiger charge is -2.07. The van der Waals surface area contributed by atoms with Gasteiger partial charge in [0.25, 0.3) is 0 Å². The van der Waals surface area contributed by atoms with E-state index in [1.54, 1.807) is 0 Å². The first-order valence-electron chi connectivity index (χ1n) is 6.23. The summed E-state index contributed by atoms with van der Waals surface area (Å²) in [6.45, 7) is 0.576.